The number of hydrogen-bond acceptors (Lipinski definition) is 3. The van der Waals surface area contributed by atoms with E-state index in [1.165, 1.54) is 0 Å². The lowest BCUT2D eigenvalue weighted by atomic mass is 9.80. The highest BCUT2D eigenvalue weighted by molar-refractivity contribution is 5.82. The predicted molar refractivity (Wildman–Crippen MR) is 63.1 cm³/mol. The van der Waals surface area contributed by atoms with Crippen LogP contribution in [0.5, 0.6) is 0 Å². The SMILES string of the molecule is O=C1CCCC[C@H]1[C@@H](c1ccccc1)[N+](=O)[O-]. The van der Waals surface area contributed by atoms with Crippen LogP contribution in [0.4, 0.5) is 0 Å². The van der Waals surface area contributed by atoms with Gasteiger partial charge in [0.15, 0.2) is 0 Å². The zero-order chi connectivity index (χ0) is 12.3. The van der Waals surface area contributed by atoms with E-state index in [9.17, 15) is 14.9 Å². The van der Waals surface area contributed by atoms with E-state index in [1.54, 1.807) is 24.3 Å². The van der Waals surface area contributed by atoms with Crippen molar-refractivity contribution in [2.75, 3.05) is 0 Å². The molecule has 0 unspecified atom stereocenters. The number of ketones is 1. The van der Waals surface area contributed by atoms with Crippen LogP contribution in [-0.2, 0) is 4.79 Å². The number of hydrogen-bond donors (Lipinski definition) is 0. The monoisotopic (exact) mass is 233 g/mol. The third kappa shape index (κ3) is 2.52. The molecule has 1 aromatic carbocycles. The molecule has 1 aromatic rings. The summed E-state index contributed by atoms with van der Waals surface area (Å²) in [6, 6.07) is 7.97. The van der Waals surface area contributed by atoms with E-state index in [2.05, 4.69) is 0 Å². The van der Waals surface area contributed by atoms with E-state index < -0.39 is 12.0 Å². The number of Topliss-reactive ketones (excluding diaryl/α,β-unsaturated/α-hetero) is 1. The molecule has 1 saturated carbocycles. The van der Waals surface area contributed by atoms with Crippen molar-refractivity contribution in [1.29, 1.82) is 0 Å². The van der Waals surface area contributed by atoms with Gasteiger partial charge in [-0.25, -0.2) is 0 Å². The predicted octanol–water partition coefficient (Wildman–Crippen LogP) is 2.76. The summed E-state index contributed by atoms with van der Waals surface area (Å²) < 4.78 is 0. The molecule has 1 aliphatic rings. The van der Waals surface area contributed by atoms with Gasteiger partial charge in [0.1, 0.15) is 5.78 Å². The van der Waals surface area contributed by atoms with Gasteiger partial charge in [-0.15, -0.1) is 0 Å². The zero-order valence-electron chi connectivity index (χ0n) is 9.54. The van der Waals surface area contributed by atoms with E-state index in [4.69, 9.17) is 0 Å². The molecule has 90 valence electrons. The van der Waals surface area contributed by atoms with E-state index in [0.717, 1.165) is 12.8 Å². The van der Waals surface area contributed by atoms with Crippen LogP contribution in [0, 0.1) is 16.0 Å². The fourth-order valence-electron chi connectivity index (χ4n) is 2.49. The lowest BCUT2D eigenvalue weighted by Gasteiger charge is -2.23. The van der Waals surface area contributed by atoms with Gasteiger partial charge in [0, 0.05) is 16.9 Å². The standard InChI is InChI=1S/C13H15NO3/c15-12-9-5-4-8-11(12)13(14(16)17)10-6-2-1-3-7-10/h1-3,6-7,11,13H,4-5,8-9H2/t11-,13-/m1/s1. The fourth-order valence-corrected chi connectivity index (χ4v) is 2.49. The van der Waals surface area contributed by atoms with E-state index >= 15 is 0 Å². The first kappa shape index (κ1) is 11.8. The number of carbonyl (C=O) groups excluding carboxylic acids is 1. The number of benzene rings is 1. The van der Waals surface area contributed by atoms with Crippen molar-refractivity contribution >= 4 is 5.78 Å². The Labute approximate surface area is 99.8 Å². The number of nitro groups is 1. The maximum atomic E-state index is 11.8. The maximum absolute atomic E-state index is 11.8. The Morgan fingerprint density at radius 1 is 1.24 bits per heavy atom. The molecule has 0 bridgehead atoms. The van der Waals surface area contributed by atoms with Gasteiger partial charge in [-0.1, -0.05) is 36.8 Å². The Bertz CT molecular complexity index is 416. The van der Waals surface area contributed by atoms with Gasteiger partial charge in [0.2, 0.25) is 6.04 Å². The first-order valence-corrected chi connectivity index (χ1v) is 5.91. The van der Waals surface area contributed by atoms with Crippen molar-refractivity contribution < 1.29 is 9.72 Å². The molecular formula is C13H15NO3. The molecule has 2 atom stereocenters. The molecule has 0 aromatic heterocycles. The van der Waals surface area contributed by atoms with E-state index in [1.807, 2.05) is 6.07 Å². The van der Waals surface area contributed by atoms with Crippen molar-refractivity contribution in [3.05, 3.63) is 46.0 Å². The van der Waals surface area contributed by atoms with E-state index in [-0.39, 0.29) is 10.7 Å². The van der Waals surface area contributed by atoms with Gasteiger partial charge in [-0.2, -0.15) is 0 Å². The molecule has 0 aliphatic heterocycles. The summed E-state index contributed by atoms with van der Waals surface area (Å²) in [4.78, 5) is 22.7. The van der Waals surface area contributed by atoms with Crippen molar-refractivity contribution in [3.63, 3.8) is 0 Å². The molecule has 0 heterocycles. The topological polar surface area (TPSA) is 60.2 Å². The molecular weight excluding hydrogens is 218 g/mol. The highest BCUT2D eigenvalue weighted by Gasteiger charge is 2.38. The van der Waals surface area contributed by atoms with Crippen LogP contribution in [0.3, 0.4) is 0 Å². The Morgan fingerprint density at radius 2 is 1.94 bits per heavy atom. The normalized spacial score (nSPS) is 22.1. The highest BCUT2D eigenvalue weighted by Crippen LogP contribution is 2.34. The molecule has 4 heteroatoms. The molecule has 2 rings (SSSR count). The minimum atomic E-state index is -0.871. The van der Waals surface area contributed by atoms with Crippen LogP contribution in [0.25, 0.3) is 0 Å². The van der Waals surface area contributed by atoms with Crippen molar-refractivity contribution in [1.82, 2.24) is 0 Å². The second-order valence-corrected chi connectivity index (χ2v) is 4.46. The third-order valence-corrected chi connectivity index (χ3v) is 3.35. The smallest absolute Gasteiger partial charge is 0.247 e. The van der Waals surface area contributed by atoms with Crippen LogP contribution in [0.15, 0.2) is 30.3 Å². The second-order valence-electron chi connectivity index (χ2n) is 4.46. The summed E-state index contributed by atoms with van der Waals surface area (Å²) in [6.45, 7) is 0. The Hall–Kier alpha value is -1.71. The summed E-state index contributed by atoms with van der Waals surface area (Å²) in [5.41, 5.74) is 0.637. The van der Waals surface area contributed by atoms with Gasteiger partial charge >= 0.3 is 0 Å². The van der Waals surface area contributed by atoms with Crippen LogP contribution < -0.4 is 0 Å². The zero-order valence-corrected chi connectivity index (χ0v) is 9.54. The molecule has 0 radical (unpaired) electrons. The number of carbonyl (C=O) groups is 1. The summed E-state index contributed by atoms with van der Waals surface area (Å²) in [5.74, 6) is -0.400. The van der Waals surface area contributed by atoms with Gasteiger partial charge in [-0.05, 0) is 12.8 Å². The summed E-state index contributed by atoms with van der Waals surface area (Å²) in [7, 11) is 0. The van der Waals surface area contributed by atoms with Gasteiger partial charge in [0.05, 0.1) is 5.92 Å². The first-order chi connectivity index (χ1) is 8.20. The molecule has 1 fully saturated rings. The summed E-state index contributed by atoms with van der Waals surface area (Å²) in [6.07, 6.45) is 2.91. The van der Waals surface area contributed by atoms with Gasteiger partial charge in [-0.3, -0.25) is 14.9 Å². The molecule has 0 N–H and O–H groups in total. The van der Waals surface area contributed by atoms with Crippen molar-refractivity contribution in [2.24, 2.45) is 5.92 Å². The molecule has 17 heavy (non-hydrogen) atoms. The van der Waals surface area contributed by atoms with Crippen LogP contribution >= 0.6 is 0 Å². The minimum absolute atomic E-state index is 0.0433. The Kier molecular flexibility index (Phi) is 3.52. The molecule has 1 aliphatic carbocycles. The first-order valence-electron chi connectivity index (χ1n) is 5.91. The fraction of sp³-hybridized carbons (Fsp3) is 0.462. The summed E-state index contributed by atoms with van der Waals surface area (Å²) in [5, 5.41) is 11.2. The van der Waals surface area contributed by atoms with Crippen LogP contribution in [-0.4, -0.2) is 10.7 Å². The second kappa shape index (κ2) is 5.08. The third-order valence-electron chi connectivity index (χ3n) is 3.35. The molecule has 0 amide bonds. The van der Waals surface area contributed by atoms with E-state index in [0.29, 0.717) is 18.4 Å². The van der Waals surface area contributed by atoms with Gasteiger partial charge < -0.3 is 0 Å². The number of rotatable bonds is 3. The largest absolute Gasteiger partial charge is 0.299 e. The number of nitrogens with zero attached hydrogens (tertiary/aromatic N) is 1. The Morgan fingerprint density at radius 3 is 2.53 bits per heavy atom. The van der Waals surface area contributed by atoms with Gasteiger partial charge in [0.25, 0.3) is 0 Å². The maximum Gasteiger partial charge on any atom is 0.247 e. The van der Waals surface area contributed by atoms with Crippen LogP contribution in [0.1, 0.15) is 37.3 Å². The van der Waals surface area contributed by atoms with Crippen molar-refractivity contribution in [2.45, 2.75) is 31.7 Å². The average molecular weight is 233 g/mol. The van der Waals surface area contributed by atoms with Crippen LogP contribution in [0.2, 0.25) is 0 Å². The summed E-state index contributed by atoms with van der Waals surface area (Å²) >= 11 is 0. The van der Waals surface area contributed by atoms with Crippen molar-refractivity contribution in [3.8, 4) is 0 Å². The molecule has 0 spiro atoms. The quantitative estimate of drug-likeness (QED) is 0.595. The lowest BCUT2D eigenvalue weighted by Crippen LogP contribution is -2.30. The Balaban J connectivity index is 2.29. The lowest BCUT2D eigenvalue weighted by molar-refractivity contribution is -0.536. The minimum Gasteiger partial charge on any atom is -0.299 e. The molecule has 4 nitrogen and oxygen atoms in total. The highest BCUT2D eigenvalue weighted by atomic mass is 16.6. The average Bonchev–Trinajstić information content (AvgIpc) is 2.33. The molecule has 0 saturated heterocycles.